The number of halogens is 2. The molecule has 0 nitrogen and oxygen atoms in total. The van der Waals surface area contributed by atoms with Crippen molar-refractivity contribution in [2.75, 3.05) is 0 Å². The van der Waals surface area contributed by atoms with Gasteiger partial charge in [-0.2, -0.15) is 0 Å². The molecular formula is C20H14BrI. The van der Waals surface area contributed by atoms with Crippen molar-refractivity contribution in [3.8, 4) is 21.0 Å². The maximum atomic E-state index is 3.65. The molecule has 0 heterocycles. The summed E-state index contributed by atoms with van der Waals surface area (Å²) in [6.07, 6.45) is 5.64. The minimum Gasteiger partial charge on any atom is -0.0857 e. The molecule has 0 saturated carbocycles. The summed E-state index contributed by atoms with van der Waals surface area (Å²) in [4.78, 5) is 0. The Morgan fingerprint density at radius 1 is 1.09 bits per heavy atom. The predicted molar refractivity (Wildman–Crippen MR) is 104 cm³/mol. The van der Waals surface area contributed by atoms with Crippen LogP contribution in [0.5, 0.6) is 0 Å². The second kappa shape index (κ2) is 4.97. The molecule has 0 aromatic heterocycles. The van der Waals surface area contributed by atoms with E-state index in [1.807, 2.05) is 0 Å². The van der Waals surface area contributed by atoms with E-state index in [-0.39, 0.29) is 10.8 Å². The van der Waals surface area contributed by atoms with Gasteiger partial charge in [0, 0.05) is 32.5 Å². The van der Waals surface area contributed by atoms with Gasteiger partial charge in [-0.25, -0.2) is 0 Å². The summed E-state index contributed by atoms with van der Waals surface area (Å²) in [7, 11) is 0. The third-order valence-electron chi connectivity index (χ3n) is 5.23. The van der Waals surface area contributed by atoms with Crippen LogP contribution in [-0.2, 0) is 10.8 Å². The van der Waals surface area contributed by atoms with Crippen molar-refractivity contribution in [1.82, 2.24) is 0 Å². The fourth-order valence-electron chi connectivity index (χ4n) is 4.12. The number of benzene rings is 2. The molecule has 2 aliphatic carbocycles. The Hall–Kier alpha value is -1.05. The molecule has 0 aliphatic heterocycles. The first-order valence-electron chi connectivity index (χ1n) is 7.33. The summed E-state index contributed by atoms with van der Waals surface area (Å²) < 4.78 is 4.30. The van der Waals surface area contributed by atoms with Gasteiger partial charge in [0.05, 0.1) is 5.41 Å². The third-order valence-corrected chi connectivity index (χ3v) is 5.99. The van der Waals surface area contributed by atoms with E-state index in [4.69, 9.17) is 0 Å². The van der Waals surface area contributed by atoms with E-state index in [0.29, 0.717) is 0 Å². The smallest absolute Gasteiger partial charge is 0.0853 e. The Morgan fingerprint density at radius 3 is 2.68 bits per heavy atom. The highest BCUT2D eigenvalue weighted by molar-refractivity contribution is 14.1. The molecule has 2 aromatic carbocycles. The summed E-state index contributed by atoms with van der Waals surface area (Å²) in [5.41, 5.74) is 5.15. The summed E-state index contributed by atoms with van der Waals surface area (Å²) in [6, 6.07) is 15.4. The van der Waals surface area contributed by atoms with Crippen molar-refractivity contribution in [2.24, 2.45) is 0 Å². The summed E-state index contributed by atoms with van der Waals surface area (Å²) in [6.45, 7) is 2.36. The topological polar surface area (TPSA) is 0 Å². The molecule has 0 fully saturated rings. The van der Waals surface area contributed by atoms with Gasteiger partial charge in [0.2, 0.25) is 0 Å². The van der Waals surface area contributed by atoms with Crippen LogP contribution in [0, 0.1) is 9.85 Å². The van der Waals surface area contributed by atoms with Crippen molar-refractivity contribution >= 4 is 38.5 Å². The van der Waals surface area contributed by atoms with Gasteiger partial charge in [0.15, 0.2) is 0 Å². The SMILES string of the molecule is C[C@@]12CC=C[C@]1(C#CI)c1ccccc1-c1ccc(Br)cc12. The quantitative estimate of drug-likeness (QED) is 0.257. The number of hydrogen-bond acceptors (Lipinski definition) is 0. The fraction of sp³-hybridized carbons (Fsp3) is 0.200. The maximum absolute atomic E-state index is 3.65. The van der Waals surface area contributed by atoms with Gasteiger partial charge in [-0.15, -0.1) is 0 Å². The number of hydrogen-bond donors (Lipinski definition) is 0. The molecule has 0 amide bonds. The standard InChI is InChI=1S/C20H14BrI/c1-19-9-4-10-20(19,11-12-22)17-6-3-2-5-15(17)16-8-7-14(21)13-18(16)19/h2-8,10,13H,9H2,1H3/t19-,20-/m0/s1. The van der Waals surface area contributed by atoms with E-state index in [1.54, 1.807) is 0 Å². The van der Waals surface area contributed by atoms with Crippen LogP contribution in [-0.4, -0.2) is 0 Å². The fourth-order valence-corrected chi connectivity index (χ4v) is 4.90. The van der Waals surface area contributed by atoms with Crippen LogP contribution in [0.15, 0.2) is 59.1 Å². The van der Waals surface area contributed by atoms with Crippen LogP contribution in [0.2, 0.25) is 0 Å². The molecule has 0 radical (unpaired) electrons. The first kappa shape index (κ1) is 14.5. The van der Waals surface area contributed by atoms with Crippen LogP contribution in [0.4, 0.5) is 0 Å². The van der Waals surface area contributed by atoms with Crippen molar-refractivity contribution < 1.29 is 0 Å². The molecule has 0 saturated heterocycles. The Morgan fingerprint density at radius 2 is 1.86 bits per heavy atom. The lowest BCUT2D eigenvalue weighted by atomic mass is 9.55. The van der Waals surface area contributed by atoms with Gasteiger partial charge in [0.1, 0.15) is 0 Å². The zero-order chi connectivity index (χ0) is 15.4. The zero-order valence-corrected chi connectivity index (χ0v) is 15.9. The van der Waals surface area contributed by atoms with Gasteiger partial charge in [0.25, 0.3) is 0 Å². The van der Waals surface area contributed by atoms with E-state index in [1.165, 1.54) is 22.3 Å². The molecule has 2 heteroatoms. The number of rotatable bonds is 0. The predicted octanol–water partition coefficient (Wildman–Crippen LogP) is 5.98. The molecule has 0 bridgehead atoms. The molecule has 22 heavy (non-hydrogen) atoms. The first-order valence-corrected chi connectivity index (χ1v) is 9.20. The highest BCUT2D eigenvalue weighted by Gasteiger charge is 2.54. The monoisotopic (exact) mass is 460 g/mol. The summed E-state index contributed by atoms with van der Waals surface area (Å²) in [5.74, 6) is 3.55. The van der Waals surface area contributed by atoms with Crippen LogP contribution in [0.1, 0.15) is 24.5 Å². The number of allylic oxidation sites excluding steroid dienone is 2. The normalized spacial score (nSPS) is 27.4. The summed E-state index contributed by atoms with van der Waals surface area (Å²) >= 11 is 5.82. The van der Waals surface area contributed by atoms with E-state index in [9.17, 15) is 0 Å². The molecule has 4 rings (SSSR count). The molecule has 2 aliphatic rings. The average Bonchev–Trinajstić information content (AvgIpc) is 2.87. The van der Waals surface area contributed by atoms with Gasteiger partial charge in [-0.3, -0.25) is 0 Å². The minimum atomic E-state index is -0.224. The zero-order valence-electron chi connectivity index (χ0n) is 12.2. The van der Waals surface area contributed by atoms with E-state index in [2.05, 4.69) is 110 Å². The van der Waals surface area contributed by atoms with Crippen molar-refractivity contribution in [3.05, 3.63) is 70.2 Å². The van der Waals surface area contributed by atoms with Gasteiger partial charge < -0.3 is 0 Å². The molecule has 0 N–H and O–H groups in total. The minimum absolute atomic E-state index is 0.0152. The van der Waals surface area contributed by atoms with E-state index < -0.39 is 0 Å². The van der Waals surface area contributed by atoms with Crippen molar-refractivity contribution in [3.63, 3.8) is 0 Å². The van der Waals surface area contributed by atoms with Crippen LogP contribution < -0.4 is 0 Å². The summed E-state index contributed by atoms with van der Waals surface area (Å²) in [5, 5.41) is 0. The van der Waals surface area contributed by atoms with Crippen LogP contribution >= 0.6 is 38.5 Å². The van der Waals surface area contributed by atoms with Crippen LogP contribution in [0.25, 0.3) is 11.1 Å². The largest absolute Gasteiger partial charge is 0.0857 e. The van der Waals surface area contributed by atoms with Crippen LogP contribution in [0.3, 0.4) is 0 Å². The molecular weight excluding hydrogens is 447 g/mol. The first-order chi connectivity index (χ1) is 10.6. The molecule has 0 unspecified atom stereocenters. The lowest BCUT2D eigenvalue weighted by Gasteiger charge is -2.46. The lowest BCUT2D eigenvalue weighted by Crippen LogP contribution is -2.45. The van der Waals surface area contributed by atoms with Gasteiger partial charge >= 0.3 is 0 Å². The highest BCUT2D eigenvalue weighted by atomic mass is 127. The highest BCUT2D eigenvalue weighted by Crippen LogP contribution is 2.59. The van der Waals surface area contributed by atoms with Gasteiger partial charge in [-0.1, -0.05) is 71.3 Å². The van der Waals surface area contributed by atoms with E-state index >= 15 is 0 Å². The lowest BCUT2D eigenvalue weighted by molar-refractivity contribution is 0.381. The Labute approximate surface area is 153 Å². The Balaban J connectivity index is 2.17. The van der Waals surface area contributed by atoms with Gasteiger partial charge in [-0.05, 0) is 44.7 Å². The second-order valence-electron chi connectivity index (χ2n) is 6.20. The Kier molecular flexibility index (Phi) is 3.29. The average molecular weight is 461 g/mol. The molecule has 2 atom stereocenters. The third kappa shape index (κ3) is 1.70. The Bertz CT molecular complexity index is 871. The van der Waals surface area contributed by atoms with E-state index in [0.717, 1.165) is 10.9 Å². The molecule has 108 valence electrons. The molecule has 2 aromatic rings. The molecule has 0 spiro atoms. The number of fused-ring (bicyclic) bond motifs is 6. The van der Waals surface area contributed by atoms with Crippen molar-refractivity contribution in [1.29, 1.82) is 0 Å². The second-order valence-corrected chi connectivity index (χ2v) is 7.66. The maximum Gasteiger partial charge on any atom is 0.0853 e. The van der Waals surface area contributed by atoms with Crippen molar-refractivity contribution in [2.45, 2.75) is 24.2 Å².